The second kappa shape index (κ2) is 11.8. The van der Waals surface area contributed by atoms with Crippen molar-refractivity contribution in [1.29, 1.82) is 0 Å². The van der Waals surface area contributed by atoms with E-state index in [2.05, 4.69) is 36.1 Å². The van der Waals surface area contributed by atoms with E-state index < -0.39 is 0 Å². The number of ether oxygens (including phenoxy) is 1. The lowest BCUT2D eigenvalue weighted by Crippen LogP contribution is -2.41. The Morgan fingerprint density at radius 1 is 1.26 bits per heavy atom. The fourth-order valence-corrected chi connectivity index (χ4v) is 2.85. The normalized spacial score (nSPS) is 11.1. The molecule has 2 rings (SSSR count). The molecule has 1 heterocycles. The second-order valence-electron chi connectivity index (χ2n) is 6.34. The Balaban J connectivity index is 0.00000364. The van der Waals surface area contributed by atoms with Crippen LogP contribution in [0.2, 0.25) is 0 Å². The summed E-state index contributed by atoms with van der Waals surface area (Å²) < 4.78 is 7.71. The third-order valence-corrected chi connectivity index (χ3v) is 4.42. The molecule has 7 heteroatoms. The van der Waals surface area contributed by atoms with E-state index in [9.17, 15) is 0 Å². The van der Waals surface area contributed by atoms with Crippen molar-refractivity contribution in [1.82, 2.24) is 20.0 Å². The van der Waals surface area contributed by atoms with Crippen molar-refractivity contribution < 1.29 is 4.74 Å². The molecule has 2 aromatic rings. The van der Waals surface area contributed by atoms with E-state index in [0.717, 1.165) is 43.5 Å². The molecule has 0 unspecified atom stereocenters. The van der Waals surface area contributed by atoms with E-state index in [-0.39, 0.29) is 24.0 Å². The lowest BCUT2D eigenvalue weighted by molar-refractivity contribution is 0.281. The molecule has 150 valence electrons. The standard InChI is InChI=1S/C20H31N5O.HI/c1-6-21-20(22-13-12-19-16(2)23-25(5)17(19)3)24(4)14-15-26-18-10-8-7-9-11-18;/h7-11H,6,12-15H2,1-5H3,(H,21,22);1H. The Labute approximate surface area is 180 Å². The summed E-state index contributed by atoms with van der Waals surface area (Å²) in [5.41, 5.74) is 3.60. The van der Waals surface area contributed by atoms with Gasteiger partial charge in [-0.05, 0) is 44.9 Å². The molecule has 6 nitrogen and oxygen atoms in total. The van der Waals surface area contributed by atoms with E-state index in [1.807, 2.05) is 49.1 Å². The third-order valence-electron chi connectivity index (χ3n) is 4.42. The van der Waals surface area contributed by atoms with E-state index in [1.165, 1.54) is 11.3 Å². The maximum absolute atomic E-state index is 5.78. The van der Waals surface area contributed by atoms with Gasteiger partial charge in [-0.25, -0.2) is 0 Å². The van der Waals surface area contributed by atoms with Crippen LogP contribution in [0.25, 0.3) is 0 Å². The van der Waals surface area contributed by atoms with Gasteiger partial charge in [0.15, 0.2) is 5.96 Å². The highest BCUT2D eigenvalue weighted by atomic mass is 127. The summed E-state index contributed by atoms with van der Waals surface area (Å²) >= 11 is 0. The van der Waals surface area contributed by atoms with E-state index in [0.29, 0.717) is 6.61 Å². The maximum Gasteiger partial charge on any atom is 0.193 e. The smallest absolute Gasteiger partial charge is 0.193 e. The van der Waals surface area contributed by atoms with Gasteiger partial charge in [0.05, 0.1) is 12.2 Å². The van der Waals surface area contributed by atoms with Gasteiger partial charge >= 0.3 is 0 Å². The SMILES string of the molecule is CCNC(=NCCc1c(C)nn(C)c1C)N(C)CCOc1ccccc1.I. The Morgan fingerprint density at radius 2 is 1.96 bits per heavy atom. The minimum absolute atomic E-state index is 0. The number of nitrogens with zero attached hydrogens (tertiary/aromatic N) is 4. The van der Waals surface area contributed by atoms with Crippen molar-refractivity contribution in [2.24, 2.45) is 12.0 Å². The summed E-state index contributed by atoms with van der Waals surface area (Å²) in [5.74, 6) is 1.80. The molecule has 0 spiro atoms. The highest BCUT2D eigenvalue weighted by Crippen LogP contribution is 2.12. The summed E-state index contributed by atoms with van der Waals surface area (Å²) in [7, 11) is 4.02. The number of hydrogen-bond acceptors (Lipinski definition) is 3. The zero-order valence-corrected chi connectivity index (χ0v) is 19.4. The third kappa shape index (κ3) is 7.04. The average Bonchev–Trinajstić information content (AvgIpc) is 2.87. The maximum atomic E-state index is 5.78. The first kappa shape index (κ1) is 23.3. The topological polar surface area (TPSA) is 54.7 Å². The number of aryl methyl sites for hydroxylation is 2. The summed E-state index contributed by atoms with van der Waals surface area (Å²) in [4.78, 5) is 6.87. The van der Waals surface area contributed by atoms with Crippen molar-refractivity contribution in [3.63, 3.8) is 0 Å². The Hall–Kier alpha value is -1.77. The van der Waals surface area contributed by atoms with Crippen LogP contribution in [-0.4, -0.2) is 53.9 Å². The first-order valence-corrected chi connectivity index (χ1v) is 9.19. The average molecular weight is 485 g/mol. The number of guanidine groups is 1. The molecule has 1 N–H and O–H groups in total. The molecule has 0 saturated heterocycles. The number of aliphatic imine (C=N–C) groups is 1. The summed E-state index contributed by atoms with van der Waals surface area (Å²) in [6.07, 6.45) is 0.898. The van der Waals surface area contributed by atoms with Gasteiger partial charge < -0.3 is 15.0 Å². The van der Waals surface area contributed by atoms with Crippen LogP contribution in [-0.2, 0) is 13.5 Å². The van der Waals surface area contributed by atoms with Crippen molar-refractivity contribution >= 4 is 29.9 Å². The van der Waals surface area contributed by atoms with Gasteiger partial charge in [0.25, 0.3) is 0 Å². The summed E-state index contributed by atoms with van der Waals surface area (Å²) in [5, 5.41) is 7.83. The molecule has 0 aliphatic rings. The van der Waals surface area contributed by atoms with Gasteiger partial charge in [-0.3, -0.25) is 9.67 Å². The van der Waals surface area contributed by atoms with Crippen LogP contribution >= 0.6 is 24.0 Å². The van der Waals surface area contributed by atoms with Gasteiger partial charge in [-0.15, -0.1) is 24.0 Å². The van der Waals surface area contributed by atoms with Gasteiger partial charge in [-0.1, -0.05) is 18.2 Å². The molecule has 0 aliphatic carbocycles. The van der Waals surface area contributed by atoms with E-state index >= 15 is 0 Å². The lowest BCUT2D eigenvalue weighted by atomic mass is 10.1. The van der Waals surface area contributed by atoms with Crippen LogP contribution < -0.4 is 10.1 Å². The minimum Gasteiger partial charge on any atom is -0.492 e. The van der Waals surface area contributed by atoms with E-state index in [1.54, 1.807) is 0 Å². The van der Waals surface area contributed by atoms with E-state index in [4.69, 9.17) is 9.73 Å². The predicted molar refractivity (Wildman–Crippen MR) is 122 cm³/mol. The van der Waals surface area contributed by atoms with Gasteiger partial charge in [0.1, 0.15) is 12.4 Å². The number of rotatable bonds is 8. The predicted octanol–water partition coefficient (Wildman–Crippen LogP) is 3.17. The number of benzene rings is 1. The Bertz CT molecular complexity index is 715. The molecule has 27 heavy (non-hydrogen) atoms. The first-order valence-electron chi connectivity index (χ1n) is 9.19. The number of halogens is 1. The molecule has 0 aliphatic heterocycles. The van der Waals surface area contributed by atoms with Gasteiger partial charge in [0, 0.05) is 32.9 Å². The molecule has 0 radical (unpaired) electrons. The van der Waals surface area contributed by atoms with Crippen molar-refractivity contribution in [2.45, 2.75) is 27.2 Å². The quantitative estimate of drug-likeness (QED) is 0.355. The number of likely N-dealkylation sites (N-methyl/N-ethyl adjacent to an activating group) is 1. The number of aromatic nitrogens is 2. The van der Waals surface area contributed by atoms with Crippen LogP contribution in [0.4, 0.5) is 0 Å². The Morgan fingerprint density at radius 3 is 2.56 bits per heavy atom. The highest BCUT2D eigenvalue weighted by Gasteiger charge is 2.10. The van der Waals surface area contributed by atoms with Crippen LogP contribution in [0.3, 0.4) is 0 Å². The van der Waals surface area contributed by atoms with Crippen LogP contribution in [0.1, 0.15) is 23.9 Å². The fraction of sp³-hybridized carbons (Fsp3) is 0.500. The monoisotopic (exact) mass is 485 g/mol. The number of hydrogen-bond donors (Lipinski definition) is 1. The van der Waals surface area contributed by atoms with Crippen molar-refractivity contribution in [3.8, 4) is 5.75 Å². The minimum atomic E-state index is 0. The molecular weight excluding hydrogens is 453 g/mol. The largest absolute Gasteiger partial charge is 0.492 e. The van der Waals surface area contributed by atoms with Crippen LogP contribution in [0.15, 0.2) is 35.3 Å². The van der Waals surface area contributed by atoms with Gasteiger partial charge in [-0.2, -0.15) is 5.10 Å². The molecule has 0 bridgehead atoms. The molecule has 0 atom stereocenters. The Kier molecular flexibility index (Phi) is 10.2. The number of nitrogens with one attached hydrogen (secondary N) is 1. The molecule has 1 aromatic carbocycles. The lowest BCUT2D eigenvalue weighted by Gasteiger charge is -2.22. The van der Waals surface area contributed by atoms with Crippen molar-refractivity contribution in [2.75, 3.05) is 33.3 Å². The second-order valence-corrected chi connectivity index (χ2v) is 6.34. The molecule has 0 fully saturated rings. The molecule has 0 saturated carbocycles. The molecule has 0 amide bonds. The summed E-state index contributed by atoms with van der Waals surface area (Å²) in [6, 6.07) is 9.89. The molecule has 1 aromatic heterocycles. The molecular formula is C20H32IN5O. The van der Waals surface area contributed by atoms with Crippen LogP contribution in [0.5, 0.6) is 5.75 Å². The fourth-order valence-electron chi connectivity index (χ4n) is 2.85. The number of para-hydroxylation sites is 1. The van der Waals surface area contributed by atoms with Gasteiger partial charge in [0.2, 0.25) is 0 Å². The van der Waals surface area contributed by atoms with Crippen LogP contribution in [0, 0.1) is 13.8 Å². The zero-order chi connectivity index (χ0) is 18.9. The first-order chi connectivity index (χ1) is 12.5. The highest BCUT2D eigenvalue weighted by molar-refractivity contribution is 14.0. The summed E-state index contributed by atoms with van der Waals surface area (Å²) in [6.45, 7) is 9.21. The van der Waals surface area contributed by atoms with Crippen molar-refractivity contribution in [3.05, 3.63) is 47.3 Å². The zero-order valence-electron chi connectivity index (χ0n) is 17.0.